The highest BCUT2D eigenvalue weighted by molar-refractivity contribution is 5.76. The number of hydrogen-bond donors (Lipinski definition) is 9. The van der Waals surface area contributed by atoms with Crippen molar-refractivity contribution in [1.29, 1.82) is 0 Å². The lowest BCUT2D eigenvalue weighted by atomic mass is 9.97. The molecule has 0 saturated carbocycles. The van der Waals surface area contributed by atoms with Crippen LogP contribution >= 0.6 is 0 Å². The van der Waals surface area contributed by atoms with Crippen molar-refractivity contribution in [3.05, 3.63) is 60.8 Å². The minimum absolute atomic E-state index is 0.251. The van der Waals surface area contributed by atoms with Gasteiger partial charge in [-0.25, -0.2) is 0 Å². The highest BCUT2D eigenvalue weighted by Gasteiger charge is 2.51. The van der Waals surface area contributed by atoms with Crippen molar-refractivity contribution in [2.45, 2.75) is 344 Å². The lowest BCUT2D eigenvalue weighted by molar-refractivity contribution is -0.359. The molecular weight excluding hydrogens is 1040 g/mol. The second-order valence-corrected chi connectivity index (χ2v) is 23.6. The third-order valence-corrected chi connectivity index (χ3v) is 16.2. The summed E-state index contributed by atoms with van der Waals surface area (Å²) in [5, 5.41) is 86.7. The molecule has 14 nitrogen and oxygen atoms in total. The summed E-state index contributed by atoms with van der Waals surface area (Å²) in [5.41, 5.74) is 0. The Balaban J connectivity index is 1.47. The van der Waals surface area contributed by atoms with E-state index in [1.807, 2.05) is 6.08 Å². The van der Waals surface area contributed by atoms with Gasteiger partial charge in [-0.2, -0.15) is 0 Å². The van der Waals surface area contributed by atoms with Crippen LogP contribution in [0.1, 0.15) is 271 Å². The van der Waals surface area contributed by atoms with E-state index in [9.17, 15) is 45.6 Å². The Morgan fingerprint density at radius 2 is 0.841 bits per heavy atom. The topological polar surface area (TPSA) is 228 Å². The SMILES string of the molecule is CCC/C=C/CC/C=C/C(O)C(COC1OC(CO)C(OC2OC(CO)C(O)C(O)C2O)C(O)C1O)NC(=O)CCCCCCCCCCCCCCCCCCCCCCCCCCCC/C=C\C/C=C\C/C=C\CCCCCCC. The van der Waals surface area contributed by atoms with Gasteiger partial charge in [-0.1, -0.05) is 261 Å². The molecule has 2 rings (SSSR count). The average Bonchev–Trinajstić information content (AvgIpc) is 3.60. The minimum atomic E-state index is -1.79. The lowest BCUT2D eigenvalue weighted by Gasteiger charge is -2.46. The third-order valence-electron chi connectivity index (χ3n) is 16.2. The van der Waals surface area contributed by atoms with Gasteiger partial charge in [-0.3, -0.25) is 4.79 Å². The first-order chi connectivity index (χ1) is 40.1. The van der Waals surface area contributed by atoms with E-state index < -0.39 is 86.8 Å². The molecule has 0 radical (unpaired) electrons. The van der Waals surface area contributed by atoms with Gasteiger partial charge in [0.15, 0.2) is 12.6 Å². The standard InChI is InChI=1S/C68H123NO13/c1-3-5-7-9-11-12-13-14-15-16-17-18-19-20-21-22-23-24-25-26-27-28-29-30-31-32-33-34-35-36-37-38-39-40-41-42-43-44-46-48-50-52-60(73)69-56(57(72)51-49-47-45-10-8-6-4-2)55-79-67-65(78)63(76)66(59(54-71)81-67)82-68-64(77)62(75)61(74)58(53-70)80-68/h8,10,13-14,16-17,19-20,49,51,56-59,61-68,70-72,74-78H,3-7,9,11-12,15,18,21-48,50,52-55H2,1-2H3,(H,69,73)/b10-8+,14-13-,17-16-,20-19-,51-49+. The fourth-order valence-electron chi connectivity index (χ4n) is 10.8. The molecule has 12 unspecified atom stereocenters. The molecule has 2 fully saturated rings. The van der Waals surface area contributed by atoms with E-state index in [0.717, 1.165) is 51.4 Å². The summed E-state index contributed by atoms with van der Waals surface area (Å²) in [6.07, 6.45) is 53.7. The Morgan fingerprint density at radius 1 is 0.439 bits per heavy atom. The molecule has 0 spiro atoms. The van der Waals surface area contributed by atoms with Crippen LogP contribution in [0, 0.1) is 0 Å². The Kier molecular flexibility index (Phi) is 49.0. The Bertz CT molecular complexity index is 1610. The summed E-state index contributed by atoms with van der Waals surface area (Å²) < 4.78 is 22.7. The van der Waals surface area contributed by atoms with Gasteiger partial charge in [0, 0.05) is 6.42 Å². The first-order valence-corrected chi connectivity index (χ1v) is 33.5. The molecule has 0 aliphatic carbocycles. The molecule has 2 saturated heterocycles. The molecule has 82 heavy (non-hydrogen) atoms. The number of ether oxygens (including phenoxy) is 4. The van der Waals surface area contributed by atoms with Gasteiger partial charge < -0.3 is 65.1 Å². The summed E-state index contributed by atoms with van der Waals surface area (Å²) in [7, 11) is 0. The number of unbranched alkanes of at least 4 members (excludes halogenated alkanes) is 33. The normalized spacial score (nSPS) is 24.3. The minimum Gasteiger partial charge on any atom is -0.394 e. The Morgan fingerprint density at radius 3 is 1.32 bits per heavy atom. The van der Waals surface area contributed by atoms with Crippen LogP contribution in [0.5, 0.6) is 0 Å². The van der Waals surface area contributed by atoms with Gasteiger partial charge >= 0.3 is 0 Å². The Hall–Kier alpha value is -2.31. The van der Waals surface area contributed by atoms with Crippen molar-refractivity contribution < 1.29 is 64.6 Å². The lowest BCUT2D eigenvalue weighted by Crippen LogP contribution is -2.65. The molecule has 14 heteroatoms. The summed E-state index contributed by atoms with van der Waals surface area (Å²) in [6.45, 7) is 2.65. The molecule has 0 bridgehead atoms. The predicted molar refractivity (Wildman–Crippen MR) is 332 cm³/mol. The zero-order valence-corrected chi connectivity index (χ0v) is 51.7. The van der Waals surface area contributed by atoms with Crippen LogP contribution in [0.15, 0.2) is 60.8 Å². The van der Waals surface area contributed by atoms with Crippen molar-refractivity contribution >= 4 is 5.91 Å². The summed E-state index contributed by atoms with van der Waals surface area (Å²) in [5.74, 6) is -0.251. The molecule has 12 atom stereocenters. The summed E-state index contributed by atoms with van der Waals surface area (Å²) in [6, 6.07) is -0.928. The third kappa shape index (κ3) is 37.3. The first-order valence-electron chi connectivity index (χ1n) is 33.5. The van der Waals surface area contributed by atoms with Crippen LogP contribution in [-0.2, 0) is 23.7 Å². The maximum absolute atomic E-state index is 13.2. The molecular formula is C68H123NO13. The van der Waals surface area contributed by atoms with E-state index in [-0.39, 0.29) is 18.9 Å². The van der Waals surface area contributed by atoms with Gasteiger partial charge in [0.2, 0.25) is 5.91 Å². The summed E-state index contributed by atoms with van der Waals surface area (Å²) in [4.78, 5) is 13.2. The second-order valence-electron chi connectivity index (χ2n) is 23.6. The van der Waals surface area contributed by atoms with Crippen molar-refractivity contribution in [2.24, 2.45) is 0 Å². The average molecular weight is 1160 g/mol. The highest BCUT2D eigenvalue weighted by Crippen LogP contribution is 2.30. The fourth-order valence-corrected chi connectivity index (χ4v) is 10.8. The largest absolute Gasteiger partial charge is 0.394 e. The van der Waals surface area contributed by atoms with Crippen molar-refractivity contribution in [1.82, 2.24) is 5.32 Å². The van der Waals surface area contributed by atoms with Crippen LogP contribution < -0.4 is 5.32 Å². The van der Waals surface area contributed by atoms with Crippen molar-refractivity contribution in [3.8, 4) is 0 Å². The molecule has 1 amide bonds. The van der Waals surface area contributed by atoms with Crippen molar-refractivity contribution in [2.75, 3.05) is 19.8 Å². The molecule has 9 N–H and O–H groups in total. The van der Waals surface area contributed by atoms with Gasteiger partial charge in [0.05, 0.1) is 32.0 Å². The van der Waals surface area contributed by atoms with E-state index in [4.69, 9.17) is 18.9 Å². The van der Waals surface area contributed by atoms with Gasteiger partial charge in [-0.15, -0.1) is 0 Å². The Labute approximate surface area is 498 Å². The maximum Gasteiger partial charge on any atom is 0.220 e. The fraction of sp³-hybridized carbons (Fsp3) is 0.838. The quantitative estimate of drug-likeness (QED) is 0.0204. The molecule has 478 valence electrons. The maximum atomic E-state index is 13.2. The summed E-state index contributed by atoms with van der Waals surface area (Å²) >= 11 is 0. The zero-order chi connectivity index (χ0) is 59.5. The number of carbonyl (C=O) groups is 1. The monoisotopic (exact) mass is 1160 g/mol. The van der Waals surface area contributed by atoms with Gasteiger partial charge in [-0.05, 0) is 64.2 Å². The second kappa shape index (κ2) is 53.0. The van der Waals surface area contributed by atoms with E-state index in [1.165, 1.54) is 186 Å². The molecule has 0 aromatic rings. The molecule has 2 aliphatic heterocycles. The van der Waals surface area contributed by atoms with Gasteiger partial charge in [0.25, 0.3) is 0 Å². The van der Waals surface area contributed by atoms with E-state index in [1.54, 1.807) is 6.08 Å². The van der Waals surface area contributed by atoms with Crippen LogP contribution in [-0.4, -0.2) is 140 Å². The number of nitrogens with one attached hydrogen (secondary N) is 1. The van der Waals surface area contributed by atoms with Crippen molar-refractivity contribution in [3.63, 3.8) is 0 Å². The molecule has 2 aliphatic rings. The van der Waals surface area contributed by atoms with E-state index in [0.29, 0.717) is 12.8 Å². The first kappa shape index (κ1) is 75.8. The molecule has 0 aromatic carbocycles. The number of aliphatic hydroxyl groups is 8. The predicted octanol–water partition coefficient (Wildman–Crippen LogP) is 12.9. The van der Waals surface area contributed by atoms with E-state index >= 15 is 0 Å². The van der Waals surface area contributed by atoms with Crippen LogP contribution in [0.25, 0.3) is 0 Å². The van der Waals surface area contributed by atoms with Crippen LogP contribution in [0.4, 0.5) is 0 Å². The molecule has 0 aromatic heterocycles. The number of rotatable bonds is 54. The molecule has 2 heterocycles. The van der Waals surface area contributed by atoms with Crippen LogP contribution in [0.3, 0.4) is 0 Å². The highest BCUT2D eigenvalue weighted by atomic mass is 16.7. The van der Waals surface area contributed by atoms with Gasteiger partial charge in [0.1, 0.15) is 48.8 Å². The number of aliphatic hydroxyl groups excluding tert-OH is 8. The van der Waals surface area contributed by atoms with E-state index in [2.05, 4.69) is 67.8 Å². The zero-order valence-electron chi connectivity index (χ0n) is 51.7. The number of carbonyl (C=O) groups excluding carboxylic acids is 1. The smallest absolute Gasteiger partial charge is 0.220 e. The van der Waals surface area contributed by atoms with Crippen LogP contribution in [0.2, 0.25) is 0 Å². The number of hydrogen-bond acceptors (Lipinski definition) is 13. The number of allylic oxidation sites excluding steroid dienone is 9. The number of amides is 1.